The monoisotopic (exact) mass is 547 g/mol. The van der Waals surface area contributed by atoms with Crippen LogP contribution in [0.25, 0.3) is 5.69 Å². The molecule has 0 amide bonds. The van der Waals surface area contributed by atoms with Gasteiger partial charge in [0.25, 0.3) is 0 Å². The van der Waals surface area contributed by atoms with Gasteiger partial charge in [-0.25, -0.2) is 13.8 Å². The van der Waals surface area contributed by atoms with Gasteiger partial charge in [0.05, 0.1) is 15.6 Å². The van der Waals surface area contributed by atoms with Crippen LogP contribution in [-0.4, -0.2) is 9.55 Å². The molecule has 0 spiro atoms. The van der Waals surface area contributed by atoms with Crippen molar-refractivity contribution in [3.63, 3.8) is 0 Å². The summed E-state index contributed by atoms with van der Waals surface area (Å²) in [5.74, 6) is -0.474. The van der Waals surface area contributed by atoms with Gasteiger partial charge in [0.2, 0.25) is 0 Å². The zero-order chi connectivity index (χ0) is 25.1. The summed E-state index contributed by atoms with van der Waals surface area (Å²) in [5.41, 5.74) is 3.19. The lowest BCUT2D eigenvalue weighted by molar-refractivity contribution is 0.622. The van der Waals surface area contributed by atoms with Gasteiger partial charge in [-0.3, -0.25) is 4.57 Å². The van der Waals surface area contributed by atoms with Crippen LogP contribution in [0, 0.1) is 23.0 Å². The van der Waals surface area contributed by atoms with Crippen molar-refractivity contribution in [1.82, 2.24) is 9.55 Å². The number of rotatable bonds is 7. The van der Waals surface area contributed by atoms with Crippen LogP contribution in [-0.2, 0) is 12.2 Å². The molecule has 1 atom stereocenters. The van der Waals surface area contributed by atoms with Crippen molar-refractivity contribution >= 4 is 46.6 Å². The molecule has 1 unspecified atom stereocenters. The summed E-state index contributed by atoms with van der Waals surface area (Å²) in [6.45, 7) is 2.06. The maximum atomic E-state index is 14.0. The Morgan fingerprint density at radius 3 is 2.51 bits per heavy atom. The SMILES string of the molecule is CC(Cc1cnc(SCc2ccc(F)cc2Cl)n1-c1ccc(F)c(C#N)c1)c1ccc(Cl)c(Cl)c1. The number of thioether (sulfide) groups is 1. The molecule has 0 bridgehead atoms. The molecule has 0 saturated heterocycles. The highest BCUT2D eigenvalue weighted by atomic mass is 35.5. The molecule has 0 fully saturated rings. The van der Waals surface area contributed by atoms with E-state index in [1.54, 1.807) is 24.4 Å². The first-order chi connectivity index (χ1) is 16.8. The first kappa shape index (κ1) is 25.5. The highest BCUT2D eigenvalue weighted by Gasteiger charge is 2.18. The predicted molar refractivity (Wildman–Crippen MR) is 138 cm³/mol. The van der Waals surface area contributed by atoms with Gasteiger partial charge in [0, 0.05) is 28.4 Å². The second-order valence-electron chi connectivity index (χ2n) is 7.95. The fourth-order valence-corrected chi connectivity index (χ4v) is 5.29. The number of imidazole rings is 1. The summed E-state index contributed by atoms with van der Waals surface area (Å²) < 4.78 is 29.4. The van der Waals surface area contributed by atoms with Gasteiger partial charge < -0.3 is 0 Å². The van der Waals surface area contributed by atoms with E-state index in [9.17, 15) is 14.0 Å². The van der Waals surface area contributed by atoms with Crippen LogP contribution in [0.4, 0.5) is 8.78 Å². The van der Waals surface area contributed by atoms with E-state index in [1.165, 1.54) is 36.0 Å². The van der Waals surface area contributed by atoms with Crippen molar-refractivity contribution in [3.8, 4) is 11.8 Å². The Kier molecular flexibility index (Phi) is 8.03. The van der Waals surface area contributed by atoms with Crippen molar-refractivity contribution < 1.29 is 8.78 Å². The third-order valence-electron chi connectivity index (χ3n) is 5.53. The number of hydrogen-bond donors (Lipinski definition) is 0. The first-order valence-corrected chi connectivity index (χ1v) is 12.7. The molecule has 9 heteroatoms. The zero-order valence-corrected chi connectivity index (χ0v) is 21.5. The second-order valence-corrected chi connectivity index (χ2v) is 10.1. The molecule has 0 aliphatic rings. The number of benzene rings is 3. The van der Waals surface area contributed by atoms with E-state index in [1.807, 2.05) is 22.8 Å². The number of nitriles is 1. The summed E-state index contributed by atoms with van der Waals surface area (Å²) in [6, 6.07) is 16.1. The smallest absolute Gasteiger partial charge is 0.173 e. The van der Waals surface area contributed by atoms with E-state index in [4.69, 9.17) is 34.8 Å². The lowest BCUT2D eigenvalue weighted by Gasteiger charge is -2.17. The molecule has 178 valence electrons. The molecule has 0 aliphatic heterocycles. The average molecular weight is 549 g/mol. The lowest BCUT2D eigenvalue weighted by atomic mass is 9.96. The first-order valence-electron chi connectivity index (χ1n) is 10.5. The van der Waals surface area contributed by atoms with Gasteiger partial charge >= 0.3 is 0 Å². The fraction of sp³-hybridized carbons (Fsp3) is 0.154. The Hall–Kier alpha value is -2.56. The molecule has 0 saturated carbocycles. The summed E-state index contributed by atoms with van der Waals surface area (Å²) in [5, 5.41) is 11.3. The maximum absolute atomic E-state index is 14.0. The molecule has 0 N–H and O–H groups in total. The Labute approximate surface area is 221 Å². The maximum Gasteiger partial charge on any atom is 0.173 e. The summed E-state index contributed by atoms with van der Waals surface area (Å²) >= 11 is 19.9. The minimum Gasteiger partial charge on any atom is -0.292 e. The minimum atomic E-state index is -0.589. The zero-order valence-electron chi connectivity index (χ0n) is 18.4. The number of nitrogens with zero attached hydrogens (tertiary/aromatic N) is 3. The normalized spacial score (nSPS) is 11.9. The van der Waals surface area contributed by atoms with Crippen LogP contribution >= 0.6 is 46.6 Å². The molecule has 0 radical (unpaired) electrons. The second kappa shape index (κ2) is 11.0. The van der Waals surface area contributed by atoms with Crippen molar-refractivity contribution in [2.45, 2.75) is 30.2 Å². The fourth-order valence-electron chi connectivity index (χ4n) is 3.66. The number of hydrogen-bond acceptors (Lipinski definition) is 3. The summed E-state index contributed by atoms with van der Waals surface area (Å²) in [6.07, 6.45) is 2.36. The Morgan fingerprint density at radius 2 is 1.80 bits per heavy atom. The van der Waals surface area contributed by atoms with Gasteiger partial charge in [0.1, 0.15) is 17.7 Å². The van der Waals surface area contributed by atoms with Crippen LogP contribution < -0.4 is 0 Å². The Bertz CT molecular complexity index is 1430. The van der Waals surface area contributed by atoms with E-state index in [0.717, 1.165) is 16.8 Å². The molecular weight excluding hydrogens is 531 g/mol. The van der Waals surface area contributed by atoms with Crippen LogP contribution in [0.15, 0.2) is 66.0 Å². The standard InChI is InChI=1S/C26H18Cl3F2N3S/c1-15(16-3-6-22(27)24(29)10-16)8-21-13-33-26(35-14-17-2-4-19(30)11-23(17)28)34(21)20-5-7-25(31)18(9-20)12-32/h2-7,9-11,13,15H,8,14H2,1H3. The van der Waals surface area contributed by atoms with Crippen LogP contribution in [0.5, 0.6) is 0 Å². The summed E-state index contributed by atoms with van der Waals surface area (Å²) in [4.78, 5) is 4.60. The van der Waals surface area contributed by atoms with Crippen molar-refractivity contribution in [1.29, 1.82) is 5.26 Å². The third kappa shape index (κ3) is 5.82. The summed E-state index contributed by atoms with van der Waals surface area (Å²) in [7, 11) is 0. The molecule has 0 aliphatic carbocycles. The van der Waals surface area contributed by atoms with Crippen molar-refractivity contribution in [2.75, 3.05) is 0 Å². The molecule has 4 rings (SSSR count). The van der Waals surface area contributed by atoms with E-state index in [0.29, 0.717) is 38.1 Å². The molecule has 1 heterocycles. The number of aromatic nitrogens is 2. The Balaban J connectivity index is 1.70. The highest BCUT2D eigenvalue weighted by molar-refractivity contribution is 7.98. The topological polar surface area (TPSA) is 41.6 Å². The van der Waals surface area contributed by atoms with E-state index < -0.39 is 11.6 Å². The molecule has 4 aromatic rings. The Morgan fingerprint density at radius 1 is 1.00 bits per heavy atom. The van der Waals surface area contributed by atoms with Crippen molar-refractivity contribution in [2.24, 2.45) is 0 Å². The van der Waals surface area contributed by atoms with Gasteiger partial charge in [-0.05, 0) is 65.9 Å². The quantitative estimate of drug-likeness (QED) is 0.217. The number of halogens is 5. The lowest BCUT2D eigenvalue weighted by Crippen LogP contribution is -2.07. The molecule has 3 nitrogen and oxygen atoms in total. The van der Waals surface area contributed by atoms with E-state index in [2.05, 4.69) is 11.9 Å². The molecular formula is C26H18Cl3F2N3S. The van der Waals surface area contributed by atoms with Crippen LogP contribution in [0.1, 0.15) is 35.2 Å². The predicted octanol–water partition coefficient (Wildman–Crippen LogP) is 8.62. The van der Waals surface area contributed by atoms with Gasteiger partial charge in [-0.1, -0.05) is 65.6 Å². The van der Waals surface area contributed by atoms with Crippen LogP contribution in [0.3, 0.4) is 0 Å². The molecule has 3 aromatic carbocycles. The minimum absolute atomic E-state index is 0.0581. The van der Waals surface area contributed by atoms with Gasteiger partial charge in [-0.15, -0.1) is 0 Å². The van der Waals surface area contributed by atoms with Gasteiger partial charge in [0.15, 0.2) is 5.16 Å². The van der Waals surface area contributed by atoms with Gasteiger partial charge in [-0.2, -0.15) is 5.26 Å². The molecule has 1 aromatic heterocycles. The molecule has 35 heavy (non-hydrogen) atoms. The third-order valence-corrected chi connectivity index (χ3v) is 7.62. The van der Waals surface area contributed by atoms with E-state index in [-0.39, 0.29) is 11.5 Å². The highest BCUT2D eigenvalue weighted by Crippen LogP contribution is 2.33. The van der Waals surface area contributed by atoms with Crippen LogP contribution in [0.2, 0.25) is 15.1 Å². The van der Waals surface area contributed by atoms with E-state index >= 15 is 0 Å². The largest absolute Gasteiger partial charge is 0.292 e. The average Bonchev–Trinajstić information content (AvgIpc) is 3.22. The van der Waals surface area contributed by atoms with Crippen molar-refractivity contribution in [3.05, 3.63) is 110 Å².